The first-order valence-electron chi connectivity index (χ1n) is 6.86. The van der Waals surface area contributed by atoms with E-state index in [-0.39, 0.29) is 11.8 Å². The Bertz CT molecular complexity index is 419. The molecule has 4 nitrogen and oxygen atoms in total. The van der Waals surface area contributed by atoms with Gasteiger partial charge in [0.2, 0.25) is 5.91 Å². The molecule has 0 spiro atoms. The van der Waals surface area contributed by atoms with Gasteiger partial charge in [0.15, 0.2) is 0 Å². The molecule has 3 N–H and O–H groups in total. The molecule has 0 heterocycles. The first kappa shape index (κ1) is 15.3. The monoisotopic (exact) mass is 264 g/mol. The summed E-state index contributed by atoms with van der Waals surface area (Å²) in [6, 6.07) is 5.28. The van der Waals surface area contributed by atoms with Gasteiger partial charge in [-0.1, -0.05) is 26.7 Å². The van der Waals surface area contributed by atoms with E-state index in [9.17, 15) is 4.79 Å². The smallest absolute Gasteiger partial charge is 0.227 e. The molecule has 0 fully saturated rings. The largest absolute Gasteiger partial charge is 0.497 e. The second-order valence-corrected chi connectivity index (χ2v) is 4.69. The van der Waals surface area contributed by atoms with Gasteiger partial charge in [-0.15, -0.1) is 0 Å². The number of carbonyl (C=O) groups is 1. The summed E-state index contributed by atoms with van der Waals surface area (Å²) in [5.74, 6) is 0.794. The highest BCUT2D eigenvalue weighted by Crippen LogP contribution is 2.25. The summed E-state index contributed by atoms with van der Waals surface area (Å²) in [5, 5.41) is 2.90. The Kier molecular flexibility index (Phi) is 6.19. The zero-order chi connectivity index (χ0) is 14.3. The minimum atomic E-state index is 0.0489. The number of unbranched alkanes of at least 4 members (excludes halogenated alkanes) is 1. The average molecular weight is 264 g/mol. The summed E-state index contributed by atoms with van der Waals surface area (Å²) in [6.45, 7) is 4.17. The number of nitrogen functional groups attached to an aromatic ring is 1. The van der Waals surface area contributed by atoms with E-state index in [2.05, 4.69) is 12.2 Å². The molecule has 0 bridgehead atoms. The predicted molar refractivity (Wildman–Crippen MR) is 79.3 cm³/mol. The normalized spacial score (nSPS) is 11.9. The maximum Gasteiger partial charge on any atom is 0.227 e. The van der Waals surface area contributed by atoms with Crippen LogP contribution in [0.1, 0.15) is 39.5 Å². The van der Waals surface area contributed by atoms with Gasteiger partial charge in [0.25, 0.3) is 0 Å². The lowest BCUT2D eigenvalue weighted by molar-refractivity contribution is -0.120. The fraction of sp³-hybridized carbons (Fsp3) is 0.533. The summed E-state index contributed by atoms with van der Waals surface area (Å²) >= 11 is 0. The molecule has 0 aromatic heterocycles. The summed E-state index contributed by atoms with van der Waals surface area (Å²) in [4.78, 5) is 12.2. The molecule has 0 aliphatic rings. The number of carbonyl (C=O) groups excluding carboxylic acids is 1. The Labute approximate surface area is 115 Å². The summed E-state index contributed by atoms with van der Waals surface area (Å²) in [5.41, 5.74) is 7.07. The Morgan fingerprint density at radius 2 is 2.16 bits per heavy atom. The van der Waals surface area contributed by atoms with Crippen molar-refractivity contribution in [1.82, 2.24) is 0 Å². The second kappa shape index (κ2) is 7.67. The quantitative estimate of drug-likeness (QED) is 0.741. The van der Waals surface area contributed by atoms with Crippen molar-refractivity contribution in [2.75, 3.05) is 18.2 Å². The van der Waals surface area contributed by atoms with Crippen LogP contribution >= 0.6 is 0 Å². The molecule has 1 rings (SSSR count). The van der Waals surface area contributed by atoms with Crippen molar-refractivity contribution >= 4 is 17.3 Å². The molecule has 0 aliphatic heterocycles. The van der Waals surface area contributed by atoms with E-state index in [4.69, 9.17) is 10.5 Å². The molecule has 1 aromatic rings. The highest BCUT2D eigenvalue weighted by molar-refractivity contribution is 5.95. The van der Waals surface area contributed by atoms with Gasteiger partial charge in [0.05, 0.1) is 18.5 Å². The fourth-order valence-corrected chi connectivity index (χ4v) is 1.99. The molecule has 0 saturated heterocycles. The first-order chi connectivity index (χ1) is 9.12. The van der Waals surface area contributed by atoms with E-state index in [1.165, 1.54) is 0 Å². The van der Waals surface area contributed by atoms with E-state index >= 15 is 0 Å². The molecule has 0 aliphatic carbocycles. The van der Waals surface area contributed by atoms with E-state index in [0.717, 1.165) is 25.7 Å². The number of amides is 1. The van der Waals surface area contributed by atoms with Gasteiger partial charge in [0.1, 0.15) is 5.75 Å². The van der Waals surface area contributed by atoms with Crippen LogP contribution in [-0.2, 0) is 4.79 Å². The van der Waals surface area contributed by atoms with Crippen molar-refractivity contribution in [1.29, 1.82) is 0 Å². The van der Waals surface area contributed by atoms with Crippen LogP contribution in [0.4, 0.5) is 11.4 Å². The molecule has 4 heteroatoms. The fourth-order valence-electron chi connectivity index (χ4n) is 1.99. The van der Waals surface area contributed by atoms with Crippen molar-refractivity contribution in [3.05, 3.63) is 18.2 Å². The molecular weight excluding hydrogens is 240 g/mol. The van der Waals surface area contributed by atoms with Crippen LogP contribution in [0.25, 0.3) is 0 Å². The summed E-state index contributed by atoms with van der Waals surface area (Å²) in [7, 11) is 1.59. The van der Waals surface area contributed by atoms with Crippen LogP contribution in [0.15, 0.2) is 18.2 Å². The predicted octanol–water partition coefficient (Wildman–Crippen LogP) is 3.43. The van der Waals surface area contributed by atoms with Crippen molar-refractivity contribution in [3.63, 3.8) is 0 Å². The third-order valence-electron chi connectivity index (χ3n) is 3.29. The van der Waals surface area contributed by atoms with Gasteiger partial charge < -0.3 is 15.8 Å². The number of benzene rings is 1. The van der Waals surface area contributed by atoms with Crippen LogP contribution in [0.2, 0.25) is 0 Å². The minimum Gasteiger partial charge on any atom is -0.497 e. The molecule has 1 aromatic carbocycles. The van der Waals surface area contributed by atoms with Crippen LogP contribution < -0.4 is 15.8 Å². The third kappa shape index (κ3) is 4.47. The highest BCUT2D eigenvalue weighted by Gasteiger charge is 2.16. The second-order valence-electron chi connectivity index (χ2n) is 4.69. The van der Waals surface area contributed by atoms with Gasteiger partial charge >= 0.3 is 0 Å². The standard InChI is InChI=1S/C15H24N2O2/c1-4-6-7-11(5-2)15(18)17-14-9-8-12(19-3)10-13(14)16/h8-11H,4-7,16H2,1-3H3,(H,17,18). The van der Waals surface area contributed by atoms with E-state index in [1.54, 1.807) is 25.3 Å². The van der Waals surface area contributed by atoms with Crippen LogP contribution in [0.3, 0.4) is 0 Å². The lowest BCUT2D eigenvalue weighted by Gasteiger charge is -2.16. The van der Waals surface area contributed by atoms with Gasteiger partial charge in [-0.05, 0) is 25.0 Å². The number of ether oxygens (including phenoxy) is 1. The van der Waals surface area contributed by atoms with Gasteiger partial charge in [0, 0.05) is 12.0 Å². The SMILES string of the molecule is CCCCC(CC)C(=O)Nc1ccc(OC)cc1N. The molecule has 0 radical (unpaired) electrons. The topological polar surface area (TPSA) is 64.3 Å². The van der Waals surface area contributed by atoms with Crippen molar-refractivity contribution < 1.29 is 9.53 Å². The van der Waals surface area contributed by atoms with Gasteiger partial charge in [-0.25, -0.2) is 0 Å². The molecule has 1 atom stereocenters. The van der Waals surface area contributed by atoms with Crippen molar-refractivity contribution in [3.8, 4) is 5.75 Å². The van der Waals surface area contributed by atoms with E-state index in [0.29, 0.717) is 17.1 Å². The Hall–Kier alpha value is -1.71. The number of hydrogen-bond acceptors (Lipinski definition) is 3. The Balaban J connectivity index is 2.69. The number of rotatable bonds is 7. The maximum absolute atomic E-state index is 12.2. The van der Waals surface area contributed by atoms with Gasteiger partial charge in [-0.3, -0.25) is 4.79 Å². The molecule has 0 saturated carbocycles. The Morgan fingerprint density at radius 1 is 1.42 bits per heavy atom. The molecule has 106 valence electrons. The van der Waals surface area contributed by atoms with Crippen molar-refractivity contribution in [2.24, 2.45) is 5.92 Å². The average Bonchev–Trinajstić information content (AvgIpc) is 2.42. The molecule has 19 heavy (non-hydrogen) atoms. The first-order valence-corrected chi connectivity index (χ1v) is 6.86. The summed E-state index contributed by atoms with van der Waals surface area (Å²) in [6.07, 6.45) is 3.95. The van der Waals surface area contributed by atoms with Gasteiger partial charge in [-0.2, -0.15) is 0 Å². The van der Waals surface area contributed by atoms with Crippen molar-refractivity contribution in [2.45, 2.75) is 39.5 Å². The number of hydrogen-bond donors (Lipinski definition) is 2. The number of nitrogens with one attached hydrogen (secondary N) is 1. The zero-order valence-electron chi connectivity index (χ0n) is 12.0. The maximum atomic E-state index is 12.2. The number of methoxy groups -OCH3 is 1. The van der Waals surface area contributed by atoms with Crippen LogP contribution in [0, 0.1) is 5.92 Å². The zero-order valence-corrected chi connectivity index (χ0v) is 12.0. The molecular formula is C15H24N2O2. The van der Waals surface area contributed by atoms with E-state index < -0.39 is 0 Å². The number of anilines is 2. The lowest BCUT2D eigenvalue weighted by atomic mass is 9.98. The Morgan fingerprint density at radius 3 is 2.68 bits per heavy atom. The molecule has 1 unspecified atom stereocenters. The molecule has 1 amide bonds. The highest BCUT2D eigenvalue weighted by atomic mass is 16.5. The van der Waals surface area contributed by atoms with E-state index in [1.807, 2.05) is 6.92 Å². The third-order valence-corrected chi connectivity index (χ3v) is 3.29. The van der Waals surface area contributed by atoms with Crippen LogP contribution in [0.5, 0.6) is 5.75 Å². The lowest BCUT2D eigenvalue weighted by Crippen LogP contribution is -2.22. The minimum absolute atomic E-state index is 0.0489. The summed E-state index contributed by atoms with van der Waals surface area (Å²) < 4.78 is 5.08. The van der Waals surface area contributed by atoms with Crippen LogP contribution in [-0.4, -0.2) is 13.0 Å². The number of nitrogens with two attached hydrogens (primary N) is 1.